The Kier molecular flexibility index (Phi) is 2.70. The highest BCUT2D eigenvalue weighted by Gasteiger charge is 2.37. The van der Waals surface area contributed by atoms with E-state index in [0.29, 0.717) is 25.2 Å². The highest BCUT2D eigenvalue weighted by atomic mass is 16.6. The van der Waals surface area contributed by atoms with Crippen molar-refractivity contribution in [3.05, 3.63) is 39.9 Å². The molecule has 0 aliphatic carbocycles. The number of rotatable bonds is 3. The lowest BCUT2D eigenvalue weighted by molar-refractivity contribution is -0.384. The normalized spacial score (nSPS) is 24.2. The summed E-state index contributed by atoms with van der Waals surface area (Å²) >= 11 is 0. The first kappa shape index (κ1) is 10.8. The van der Waals surface area contributed by atoms with Crippen molar-refractivity contribution in [2.45, 2.75) is 11.8 Å². The van der Waals surface area contributed by atoms with Gasteiger partial charge in [-0.2, -0.15) is 0 Å². The summed E-state index contributed by atoms with van der Waals surface area (Å²) in [6.07, 6.45) is 1.41. The second-order valence-corrected chi connectivity index (χ2v) is 3.88. The number of carbonyl (C=O) groups excluding carboxylic acids is 1. The Morgan fingerprint density at radius 1 is 1.50 bits per heavy atom. The number of ether oxygens (including phenoxy) is 1. The molecule has 0 aromatic heterocycles. The van der Waals surface area contributed by atoms with Gasteiger partial charge < -0.3 is 9.53 Å². The molecule has 84 valence electrons. The van der Waals surface area contributed by atoms with E-state index < -0.39 is 10.3 Å². The lowest BCUT2D eigenvalue weighted by Crippen LogP contribution is -2.28. The molecule has 1 saturated heterocycles. The van der Waals surface area contributed by atoms with Crippen LogP contribution in [0.15, 0.2) is 24.3 Å². The topological polar surface area (TPSA) is 69.4 Å². The first-order valence-electron chi connectivity index (χ1n) is 4.97. The van der Waals surface area contributed by atoms with Gasteiger partial charge >= 0.3 is 0 Å². The maximum absolute atomic E-state index is 11.2. The Morgan fingerprint density at radius 3 is 2.88 bits per heavy atom. The molecule has 1 aromatic rings. The lowest BCUT2D eigenvalue weighted by atomic mass is 9.81. The van der Waals surface area contributed by atoms with Crippen LogP contribution >= 0.6 is 0 Å². The van der Waals surface area contributed by atoms with Crippen LogP contribution in [0.25, 0.3) is 0 Å². The van der Waals surface area contributed by atoms with Gasteiger partial charge in [-0.1, -0.05) is 12.1 Å². The molecule has 5 heteroatoms. The average Bonchev–Trinajstić information content (AvgIpc) is 2.79. The van der Waals surface area contributed by atoms with Crippen LogP contribution in [-0.4, -0.2) is 24.4 Å². The third-order valence-electron chi connectivity index (χ3n) is 2.91. The van der Waals surface area contributed by atoms with Gasteiger partial charge in [0, 0.05) is 18.7 Å². The van der Waals surface area contributed by atoms with E-state index >= 15 is 0 Å². The van der Waals surface area contributed by atoms with E-state index in [9.17, 15) is 14.9 Å². The first-order chi connectivity index (χ1) is 7.68. The van der Waals surface area contributed by atoms with Gasteiger partial charge in [0.05, 0.1) is 16.9 Å². The van der Waals surface area contributed by atoms with Crippen LogP contribution in [0.4, 0.5) is 5.69 Å². The number of hydrogen-bond acceptors (Lipinski definition) is 4. The Hall–Kier alpha value is -1.75. The first-order valence-corrected chi connectivity index (χ1v) is 4.97. The van der Waals surface area contributed by atoms with E-state index in [4.69, 9.17) is 4.74 Å². The van der Waals surface area contributed by atoms with Gasteiger partial charge in [0.15, 0.2) is 0 Å². The second-order valence-electron chi connectivity index (χ2n) is 3.88. The number of carbonyl (C=O) groups is 1. The summed E-state index contributed by atoms with van der Waals surface area (Å²) in [5.74, 6) is 0. The number of hydrogen-bond donors (Lipinski definition) is 0. The maximum Gasteiger partial charge on any atom is 0.269 e. The van der Waals surface area contributed by atoms with E-state index in [0.717, 1.165) is 6.29 Å². The van der Waals surface area contributed by atoms with Crippen molar-refractivity contribution >= 4 is 12.0 Å². The van der Waals surface area contributed by atoms with Gasteiger partial charge in [0.2, 0.25) is 0 Å². The predicted octanol–water partition coefficient (Wildman–Crippen LogP) is 1.45. The van der Waals surface area contributed by atoms with Crippen LogP contribution in [0.5, 0.6) is 0 Å². The minimum absolute atomic E-state index is 0.00521. The molecule has 1 atom stereocenters. The molecule has 0 spiro atoms. The molecule has 0 amide bonds. The highest BCUT2D eigenvalue weighted by Crippen LogP contribution is 2.32. The molecule has 0 N–H and O–H groups in total. The van der Waals surface area contributed by atoms with Crippen molar-refractivity contribution in [1.82, 2.24) is 0 Å². The largest absolute Gasteiger partial charge is 0.380 e. The Balaban J connectivity index is 2.42. The minimum Gasteiger partial charge on any atom is -0.380 e. The van der Waals surface area contributed by atoms with Crippen molar-refractivity contribution in [2.24, 2.45) is 0 Å². The van der Waals surface area contributed by atoms with Crippen molar-refractivity contribution in [3.8, 4) is 0 Å². The summed E-state index contributed by atoms with van der Waals surface area (Å²) in [6.45, 7) is 0.819. The summed E-state index contributed by atoms with van der Waals surface area (Å²) in [6, 6.07) is 6.19. The summed E-state index contributed by atoms with van der Waals surface area (Å²) in [4.78, 5) is 21.3. The molecule has 16 heavy (non-hydrogen) atoms. The Morgan fingerprint density at radius 2 is 2.31 bits per heavy atom. The Labute approximate surface area is 92.2 Å². The van der Waals surface area contributed by atoms with Crippen molar-refractivity contribution in [1.29, 1.82) is 0 Å². The fraction of sp³-hybridized carbons (Fsp3) is 0.364. The van der Waals surface area contributed by atoms with E-state index in [-0.39, 0.29) is 5.69 Å². The number of non-ortho nitro benzene ring substituents is 1. The molecule has 1 fully saturated rings. The van der Waals surface area contributed by atoms with Crippen molar-refractivity contribution in [3.63, 3.8) is 0 Å². The smallest absolute Gasteiger partial charge is 0.269 e. The zero-order chi connectivity index (χ0) is 11.6. The zero-order valence-corrected chi connectivity index (χ0v) is 8.59. The van der Waals surface area contributed by atoms with E-state index in [2.05, 4.69) is 0 Å². The molecule has 1 heterocycles. The molecular weight excluding hydrogens is 210 g/mol. The lowest BCUT2D eigenvalue weighted by Gasteiger charge is -2.19. The highest BCUT2D eigenvalue weighted by molar-refractivity contribution is 5.70. The van der Waals surface area contributed by atoms with E-state index in [1.807, 2.05) is 0 Å². The standard InChI is InChI=1S/C11H11NO4/c13-7-11(4-5-16-8-11)9-2-1-3-10(6-9)12(14)15/h1-3,6-7H,4-5,8H2. The summed E-state index contributed by atoms with van der Waals surface area (Å²) in [7, 11) is 0. The minimum atomic E-state index is -0.702. The van der Waals surface area contributed by atoms with Crippen molar-refractivity contribution < 1.29 is 14.5 Å². The maximum atomic E-state index is 11.2. The predicted molar refractivity (Wildman–Crippen MR) is 56.3 cm³/mol. The van der Waals surface area contributed by atoms with Crippen LogP contribution in [0, 0.1) is 10.1 Å². The van der Waals surface area contributed by atoms with Gasteiger partial charge in [0.25, 0.3) is 5.69 Å². The number of benzene rings is 1. The van der Waals surface area contributed by atoms with E-state index in [1.165, 1.54) is 12.1 Å². The monoisotopic (exact) mass is 221 g/mol. The third-order valence-corrected chi connectivity index (χ3v) is 2.91. The molecule has 1 aliphatic rings. The van der Waals surface area contributed by atoms with Crippen LogP contribution in [-0.2, 0) is 14.9 Å². The molecule has 2 rings (SSSR count). The molecule has 0 saturated carbocycles. The van der Waals surface area contributed by atoms with Crippen LogP contribution < -0.4 is 0 Å². The molecule has 0 bridgehead atoms. The number of nitro benzene ring substituents is 1. The number of aldehydes is 1. The number of nitrogens with zero attached hydrogens (tertiary/aromatic N) is 1. The van der Waals surface area contributed by atoms with Gasteiger partial charge in [-0.3, -0.25) is 10.1 Å². The van der Waals surface area contributed by atoms with Crippen LogP contribution in [0.3, 0.4) is 0 Å². The van der Waals surface area contributed by atoms with Crippen LogP contribution in [0.2, 0.25) is 0 Å². The van der Waals surface area contributed by atoms with Crippen molar-refractivity contribution in [2.75, 3.05) is 13.2 Å². The second kappa shape index (κ2) is 4.02. The molecule has 5 nitrogen and oxygen atoms in total. The van der Waals surface area contributed by atoms with E-state index in [1.54, 1.807) is 12.1 Å². The van der Waals surface area contributed by atoms with Gasteiger partial charge in [-0.25, -0.2) is 0 Å². The van der Waals surface area contributed by atoms with Crippen LogP contribution in [0.1, 0.15) is 12.0 Å². The van der Waals surface area contributed by atoms with Gasteiger partial charge in [-0.15, -0.1) is 0 Å². The quantitative estimate of drug-likeness (QED) is 0.440. The fourth-order valence-corrected chi connectivity index (χ4v) is 1.90. The Bertz CT molecular complexity index is 424. The molecular formula is C11H11NO4. The molecule has 0 radical (unpaired) electrons. The number of nitro groups is 1. The van der Waals surface area contributed by atoms with Gasteiger partial charge in [-0.05, 0) is 12.0 Å². The molecule has 1 aromatic carbocycles. The summed E-state index contributed by atoms with van der Waals surface area (Å²) in [5.41, 5.74) is -0.0359. The SMILES string of the molecule is O=CC1(c2cccc([N+](=O)[O-])c2)CCOC1. The molecule has 1 aliphatic heterocycles. The van der Waals surface area contributed by atoms with Gasteiger partial charge in [0.1, 0.15) is 6.29 Å². The average molecular weight is 221 g/mol. The summed E-state index contributed by atoms with van der Waals surface area (Å²) in [5, 5.41) is 10.6. The summed E-state index contributed by atoms with van der Waals surface area (Å²) < 4.78 is 5.20. The zero-order valence-electron chi connectivity index (χ0n) is 8.59. The fourth-order valence-electron chi connectivity index (χ4n) is 1.90. The molecule has 1 unspecified atom stereocenters. The third kappa shape index (κ3) is 1.69.